The first-order chi connectivity index (χ1) is 13.9. The minimum Gasteiger partial charge on any atom is -0.291 e. The number of halogens is 1. The number of rotatable bonds is 3. The molecule has 1 aliphatic rings. The van der Waals surface area contributed by atoms with Gasteiger partial charge >= 0.3 is 11.3 Å². The van der Waals surface area contributed by atoms with Gasteiger partial charge in [-0.1, -0.05) is 46.7 Å². The van der Waals surface area contributed by atoms with Crippen LogP contribution in [-0.4, -0.2) is 22.2 Å². The van der Waals surface area contributed by atoms with Crippen molar-refractivity contribution in [3.8, 4) is 11.3 Å². The molecule has 0 radical (unpaired) electrons. The Morgan fingerprint density at radius 2 is 2.00 bits per heavy atom. The maximum atomic E-state index is 13.0. The third-order valence-corrected chi connectivity index (χ3v) is 6.10. The van der Waals surface area contributed by atoms with Crippen molar-refractivity contribution in [2.45, 2.75) is 31.6 Å². The quantitative estimate of drug-likeness (QED) is 0.467. The Bertz CT molecular complexity index is 1160. The average Bonchev–Trinajstić information content (AvgIpc) is 2.72. The number of nitrogens with zero attached hydrogens (tertiary/aromatic N) is 3. The zero-order chi connectivity index (χ0) is 20.7. The molecule has 1 amide bonds. The highest BCUT2D eigenvalue weighted by Gasteiger charge is 2.44. The number of aromatic nitrogens is 3. The lowest BCUT2D eigenvalue weighted by atomic mass is 10.0. The highest BCUT2D eigenvalue weighted by Crippen LogP contribution is 2.38. The molecule has 2 aromatic carbocycles. The molecule has 0 spiro atoms. The fourth-order valence-corrected chi connectivity index (χ4v) is 4.38. The van der Waals surface area contributed by atoms with Crippen LogP contribution in [-0.2, 0) is 11.2 Å². The van der Waals surface area contributed by atoms with Crippen LogP contribution in [0.15, 0.2) is 56.9 Å². The summed E-state index contributed by atoms with van der Waals surface area (Å²) in [6.07, 6.45) is 2.23. The molecule has 0 saturated heterocycles. The van der Waals surface area contributed by atoms with Crippen LogP contribution in [0, 0.1) is 0 Å². The SMILES string of the molecule is CCc1ccc([C@H]2N(C(C)=O)c3ccc(Br)cc3-c3c(=O)[nH]c(SC)n[n+]32)cc1. The summed E-state index contributed by atoms with van der Waals surface area (Å²) < 4.78 is 2.49. The van der Waals surface area contributed by atoms with E-state index in [9.17, 15) is 9.59 Å². The molecule has 0 saturated carbocycles. The van der Waals surface area contributed by atoms with E-state index < -0.39 is 6.17 Å². The standard InChI is InChI=1S/C21H19BrN4O2S/c1-4-13-5-7-14(8-6-13)20-25(12(2)27)17-10-9-15(22)11-16(17)18-19(28)23-21(29-3)24-26(18)20/h5-11,20H,4H2,1-3H3/p+1/t20-/m0/s1. The largest absolute Gasteiger partial charge is 0.325 e. The number of anilines is 1. The summed E-state index contributed by atoms with van der Waals surface area (Å²) in [4.78, 5) is 30.3. The van der Waals surface area contributed by atoms with E-state index in [1.165, 1.54) is 24.2 Å². The van der Waals surface area contributed by atoms with Crippen LogP contribution in [0.5, 0.6) is 0 Å². The lowest BCUT2D eigenvalue weighted by molar-refractivity contribution is -0.763. The van der Waals surface area contributed by atoms with Gasteiger partial charge in [0.15, 0.2) is 0 Å². The predicted octanol–water partition coefficient (Wildman–Crippen LogP) is 3.68. The molecule has 0 bridgehead atoms. The summed E-state index contributed by atoms with van der Waals surface area (Å²) in [5.41, 5.74) is 3.65. The first kappa shape index (κ1) is 19.8. The van der Waals surface area contributed by atoms with Gasteiger partial charge in [0.1, 0.15) is 0 Å². The number of thioether (sulfide) groups is 1. The molecular formula is C21H20BrN4O2S+. The highest BCUT2D eigenvalue weighted by atomic mass is 79.9. The van der Waals surface area contributed by atoms with Crippen molar-refractivity contribution in [2.75, 3.05) is 11.2 Å². The van der Waals surface area contributed by atoms with E-state index in [0.717, 1.165) is 16.5 Å². The van der Waals surface area contributed by atoms with E-state index in [-0.39, 0.29) is 11.5 Å². The van der Waals surface area contributed by atoms with Crippen LogP contribution in [0.25, 0.3) is 11.3 Å². The summed E-state index contributed by atoms with van der Waals surface area (Å²) >= 11 is 4.83. The van der Waals surface area contributed by atoms with E-state index >= 15 is 0 Å². The molecule has 1 N–H and O–H groups in total. The molecule has 0 aliphatic carbocycles. The van der Waals surface area contributed by atoms with Gasteiger partial charge in [-0.3, -0.25) is 14.6 Å². The van der Waals surface area contributed by atoms with Gasteiger partial charge in [0.2, 0.25) is 11.1 Å². The molecule has 0 unspecified atom stereocenters. The van der Waals surface area contributed by atoms with Crippen molar-refractivity contribution >= 4 is 39.3 Å². The van der Waals surface area contributed by atoms with Crippen molar-refractivity contribution < 1.29 is 9.48 Å². The molecule has 29 heavy (non-hydrogen) atoms. The Balaban J connectivity index is 2.06. The van der Waals surface area contributed by atoms with Crippen molar-refractivity contribution in [2.24, 2.45) is 0 Å². The molecular weight excluding hydrogens is 452 g/mol. The average molecular weight is 472 g/mol. The summed E-state index contributed by atoms with van der Waals surface area (Å²) in [6, 6.07) is 13.7. The normalized spacial score (nSPS) is 15.0. The number of nitrogens with one attached hydrogen (secondary N) is 1. The van der Waals surface area contributed by atoms with Gasteiger partial charge in [0.25, 0.3) is 6.17 Å². The van der Waals surface area contributed by atoms with Crippen molar-refractivity contribution in [3.05, 3.63) is 68.4 Å². The van der Waals surface area contributed by atoms with Crippen LogP contribution >= 0.6 is 27.7 Å². The van der Waals surface area contributed by atoms with Crippen LogP contribution in [0.3, 0.4) is 0 Å². The van der Waals surface area contributed by atoms with Crippen molar-refractivity contribution in [1.82, 2.24) is 10.1 Å². The Morgan fingerprint density at radius 3 is 2.62 bits per heavy atom. The number of aromatic amines is 1. The van der Waals surface area contributed by atoms with Gasteiger partial charge in [-0.15, -0.1) is 0 Å². The van der Waals surface area contributed by atoms with E-state index in [4.69, 9.17) is 0 Å². The number of amides is 1. The first-order valence-corrected chi connectivity index (χ1v) is 11.2. The Labute approximate surface area is 181 Å². The first-order valence-electron chi connectivity index (χ1n) is 9.23. The molecule has 6 nitrogen and oxygen atoms in total. The lowest BCUT2D eigenvalue weighted by Gasteiger charge is -2.31. The van der Waals surface area contributed by atoms with Gasteiger partial charge < -0.3 is 0 Å². The Hall–Kier alpha value is -2.45. The summed E-state index contributed by atoms with van der Waals surface area (Å²) in [7, 11) is 0. The molecule has 2 heterocycles. The number of hydrogen-bond acceptors (Lipinski definition) is 4. The Kier molecular flexibility index (Phi) is 5.31. The number of H-pyrrole nitrogens is 1. The van der Waals surface area contributed by atoms with Gasteiger partial charge in [-0.05, 0) is 53.3 Å². The van der Waals surface area contributed by atoms with E-state index in [1.807, 2.05) is 48.7 Å². The van der Waals surface area contributed by atoms with E-state index in [1.54, 1.807) is 9.58 Å². The van der Waals surface area contributed by atoms with Crippen LogP contribution < -0.4 is 15.1 Å². The molecule has 4 rings (SSSR count). The smallest absolute Gasteiger partial charge is 0.291 e. The maximum Gasteiger partial charge on any atom is 0.325 e. The number of carbonyl (C=O) groups is 1. The fraction of sp³-hybridized carbons (Fsp3) is 0.238. The molecule has 8 heteroatoms. The molecule has 3 aromatic rings. The number of benzene rings is 2. The number of aryl methyl sites for hydroxylation is 1. The van der Waals surface area contributed by atoms with Crippen LogP contribution in [0.4, 0.5) is 5.69 Å². The third-order valence-electron chi connectivity index (χ3n) is 5.03. The minimum atomic E-state index is -0.546. The molecule has 0 fully saturated rings. The third kappa shape index (κ3) is 3.40. The van der Waals surface area contributed by atoms with Crippen LogP contribution in [0.2, 0.25) is 0 Å². The fourth-order valence-electron chi connectivity index (χ4n) is 3.65. The Morgan fingerprint density at radius 1 is 1.28 bits per heavy atom. The molecule has 1 aliphatic heterocycles. The predicted molar refractivity (Wildman–Crippen MR) is 117 cm³/mol. The molecule has 1 aromatic heterocycles. The second-order valence-electron chi connectivity index (χ2n) is 6.78. The number of carbonyl (C=O) groups excluding carboxylic acids is 1. The lowest BCUT2D eigenvalue weighted by Crippen LogP contribution is -2.60. The maximum absolute atomic E-state index is 13.0. The van der Waals surface area contributed by atoms with Crippen LogP contribution in [0.1, 0.15) is 31.1 Å². The zero-order valence-electron chi connectivity index (χ0n) is 16.3. The second-order valence-corrected chi connectivity index (χ2v) is 8.49. The van der Waals surface area contributed by atoms with E-state index in [0.29, 0.717) is 22.1 Å². The monoisotopic (exact) mass is 471 g/mol. The number of fused-ring (bicyclic) bond motifs is 3. The zero-order valence-corrected chi connectivity index (χ0v) is 18.7. The summed E-state index contributed by atoms with van der Waals surface area (Å²) in [5.74, 6) is -0.121. The topological polar surface area (TPSA) is 69.9 Å². The molecule has 148 valence electrons. The highest BCUT2D eigenvalue weighted by molar-refractivity contribution is 9.10. The van der Waals surface area contributed by atoms with Gasteiger partial charge in [0.05, 0.1) is 11.3 Å². The summed E-state index contributed by atoms with van der Waals surface area (Å²) in [6.45, 7) is 3.63. The second kappa shape index (κ2) is 7.76. The van der Waals surface area contributed by atoms with Crippen molar-refractivity contribution in [3.63, 3.8) is 0 Å². The van der Waals surface area contributed by atoms with Gasteiger partial charge in [0, 0.05) is 22.1 Å². The van der Waals surface area contributed by atoms with Crippen molar-refractivity contribution in [1.29, 1.82) is 0 Å². The molecule has 1 atom stereocenters. The van der Waals surface area contributed by atoms with E-state index in [2.05, 4.69) is 32.9 Å². The minimum absolute atomic E-state index is 0.121. The number of hydrogen-bond donors (Lipinski definition) is 1. The van der Waals surface area contributed by atoms with Gasteiger partial charge in [-0.2, -0.15) is 0 Å². The summed E-state index contributed by atoms with van der Waals surface area (Å²) in [5, 5.41) is 5.17. The van der Waals surface area contributed by atoms with Gasteiger partial charge in [-0.25, -0.2) is 4.90 Å².